The zero-order valence-electron chi connectivity index (χ0n) is 40.6. The lowest BCUT2D eigenvalue weighted by Gasteiger charge is -2.61. The summed E-state index contributed by atoms with van der Waals surface area (Å²) in [6.07, 6.45) is 13.2. The normalized spacial score (nSPS) is 18.9. The molecule has 17 heteroatoms. The molecule has 366 valence electrons. The number of hydrogen-bond acceptors (Lipinski definition) is 12. The largest absolute Gasteiger partial charge is 1.00 e. The molecule has 3 aromatic heterocycles. The van der Waals surface area contributed by atoms with Crippen LogP contribution in [0.25, 0.3) is 22.3 Å². The van der Waals surface area contributed by atoms with Crippen molar-refractivity contribution in [3.63, 3.8) is 0 Å². The van der Waals surface area contributed by atoms with E-state index in [-0.39, 0.29) is 41.6 Å². The van der Waals surface area contributed by atoms with Crippen LogP contribution in [-0.2, 0) is 25.4 Å². The van der Waals surface area contributed by atoms with E-state index >= 15 is 0 Å². The third-order valence-corrected chi connectivity index (χ3v) is 13.9. The summed E-state index contributed by atoms with van der Waals surface area (Å²) in [5.41, 5.74) is 5.36. The molecule has 1 atom stereocenters. The molecular weight excluding hydrogens is 872 g/mol. The van der Waals surface area contributed by atoms with E-state index in [2.05, 4.69) is 63.8 Å². The Hall–Kier alpha value is -4.61. The molecule has 67 heavy (non-hydrogen) atoms. The SMILES string of the molecule is CC(C)(C)OC(=O)N1CC2(CC(N3CCC(c4cnc(N5CCc6[nH]c7nnc(-c8ccccc8O)cc7c6C5CCCCCNC(=O)CCOCCOCC[N+](C)(C)C)nc4)CC3)C2)C1.[Cl-]. The molecule has 3 fully saturated rings. The standard InChI is InChI=1S/C50H72N10O6.ClH/c1-49(2,3)66-48(63)58-33-50(34-58)29-37(30-50)57-20-15-35(16-21-57)36-31-52-47(53-32-36)59-22-17-40-45(39-28-41(55-56-46(39)54-40)38-12-9-10-14-43(38)61)42(59)13-8-7-11-19-51-44(62)18-24-64-26-27-65-25-23-60(4,5)6;/h9-10,12,14,28,31-32,35,37,42H,7-8,11,13,15-27,29-30,33-34H2,1-6H3,(H2-,51,54,55,56,61,62);1H. The van der Waals surface area contributed by atoms with Gasteiger partial charge in [0.25, 0.3) is 0 Å². The first-order valence-electron chi connectivity index (χ1n) is 24.3. The van der Waals surface area contributed by atoms with E-state index in [1.165, 1.54) is 11.1 Å². The highest BCUT2D eigenvalue weighted by atomic mass is 35.5. The predicted octanol–water partition coefficient (Wildman–Crippen LogP) is 3.61. The Kier molecular flexibility index (Phi) is 16.3. The maximum absolute atomic E-state index is 12.5. The van der Waals surface area contributed by atoms with Crippen LogP contribution >= 0.6 is 0 Å². The average Bonchev–Trinajstić information content (AvgIpc) is 3.62. The molecule has 0 bridgehead atoms. The molecule has 1 aromatic carbocycles. The lowest BCUT2D eigenvalue weighted by atomic mass is 9.60. The number of likely N-dealkylation sites (tertiary alicyclic amines) is 2. The van der Waals surface area contributed by atoms with Gasteiger partial charge >= 0.3 is 6.09 Å². The van der Waals surface area contributed by atoms with Gasteiger partial charge in [0.15, 0.2) is 5.65 Å². The molecule has 6 heterocycles. The van der Waals surface area contributed by atoms with Gasteiger partial charge in [0.1, 0.15) is 17.9 Å². The number of aromatic nitrogens is 5. The van der Waals surface area contributed by atoms with Gasteiger partial charge in [0.05, 0.1) is 59.3 Å². The van der Waals surface area contributed by atoms with Crippen molar-refractivity contribution in [3.05, 3.63) is 59.5 Å². The van der Waals surface area contributed by atoms with Crippen molar-refractivity contribution >= 4 is 29.0 Å². The van der Waals surface area contributed by atoms with E-state index in [9.17, 15) is 14.7 Å². The Morgan fingerprint density at radius 3 is 2.36 bits per heavy atom. The third kappa shape index (κ3) is 12.7. The van der Waals surface area contributed by atoms with Gasteiger partial charge in [-0.25, -0.2) is 14.8 Å². The number of fused-ring (bicyclic) bond motifs is 3. The number of nitrogens with zero attached hydrogens (tertiary/aromatic N) is 8. The van der Waals surface area contributed by atoms with Crippen molar-refractivity contribution in [2.24, 2.45) is 5.41 Å². The Balaban J connectivity index is 0.00000666. The number of likely N-dealkylation sites (N-methyl/N-ethyl adjacent to an activating group) is 1. The van der Waals surface area contributed by atoms with Crippen molar-refractivity contribution < 1.29 is 45.8 Å². The minimum absolute atomic E-state index is 0. The number of phenols is 1. The number of carbonyl (C=O) groups excluding carboxylic acids is 2. The summed E-state index contributed by atoms with van der Waals surface area (Å²) in [6, 6.07) is 9.88. The van der Waals surface area contributed by atoms with Crippen LogP contribution in [0.15, 0.2) is 42.7 Å². The first-order chi connectivity index (χ1) is 31.6. The number of piperidine rings is 1. The molecule has 16 nitrogen and oxygen atoms in total. The number of rotatable bonds is 19. The fourth-order valence-electron chi connectivity index (χ4n) is 10.3. The molecule has 4 aromatic rings. The smallest absolute Gasteiger partial charge is 0.410 e. The molecule has 3 aliphatic heterocycles. The summed E-state index contributed by atoms with van der Waals surface area (Å²) < 4.78 is 17.7. The van der Waals surface area contributed by atoms with E-state index in [4.69, 9.17) is 24.2 Å². The Bertz CT molecular complexity index is 2260. The number of aromatic hydroxyl groups is 1. The fraction of sp³-hybridized carbons (Fsp3) is 0.640. The number of amides is 2. The summed E-state index contributed by atoms with van der Waals surface area (Å²) in [6.45, 7) is 13.9. The first-order valence-corrected chi connectivity index (χ1v) is 24.3. The molecule has 1 aliphatic carbocycles. The summed E-state index contributed by atoms with van der Waals surface area (Å²) in [5.74, 6) is 1.33. The number of quaternary nitrogens is 1. The molecule has 0 radical (unpaired) electrons. The van der Waals surface area contributed by atoms with Crippen LogP contribution in [0, 0.1) is 5.41 Å². The van der Waals surface area contributed by atoms with Crippen LogP contribution < -0.4 is 22.6 Å². The average molecular weight is 946 g/mol. The summed E-state index contributed by atoms with van der Waals surface area (Å²) >= 11 is 0. The third-order valence-electron chi connectivity index (χ3n) is 13.9. The number of unbranched alkanes of at least 4 members (excludes halogenated alkanes) is 2. The van der Waals surface area contributed by atoms with E-state index in [0.717, 1.165) is 124 Å². The van der Waals surface area contributed by atoms with Crippen molar-refractivity contribution in [2.45, 2.75) is 109 Å². The quantitative estimate of drug-likeness (QED) is 0.0924. The monoisotopic (exact) mass is 945 g/mol. The molecule has 4 aliphatic rings. The zero-order valence-corrected chi connectivity index (χ0v) is 41.3. The summed E-state index contributed by atoms with van der Waals surface area (Å²) in [4.78, 5) is 45.6. The van der Waals surface area contributed by atoms with Gasteiger partial charge < -0.3 is 61.2 Å². The fourth-order valence-corrected chi connectivity index (χ4v) is 10.3. The number of ether oxygens (including phenoxy) is 3. The van der Waals surface area contributed by atoms with Crippen molar-refractivity contribution in [2.75, 3.05) is 98.3 Å². The van der Waals surface area contributed by atoms with Crippen LogP contribution in [0.4, 0.5) is 10.7 Å². The van der Waals surface area contributed by atoms with Crippen LogP contribution in [0.1, 0.15) is 107 Å². The lowest BCUT2D eigenvalue weighted by Crippen LogP contribution is -3.00. The lowest BCUT2D eigenvalue weighted by molar-refractivity contribution is -0.870. The summed E-state index contributed by atoms with van der Waals surface area (Å²) in [5, 5.41) is 23.9. The van der Waals surface area contributed by atoms with Crippen molar-refractivity contribution in [3.8, 4) is 17.0 Å². The van der Waals surface area contributed by atoms with Crippen LogP contribution in [-0.4, -0.2) is 162 Å². The van der Waals surface area contributed by atoms with Gasteiger partial charge in [-0.15, -0.1) is 10.2 Å². The second kappa shape index (κ2) is 21.8. The Morgan fingerprint density at radius 1 is 0.940 bits per heavy atom. The topological polar surface area (TPSA) is 171 Å². The molecule has 3 N–H and O–H groups in total. The number of halogens is 1. The second-order valence-electron chi connectivity index (χ2n) is 21.2. The molecule has 1 unspecified atom stereocenters. The van der Waals surface area contributed by atoms with E-state index in [1.54, 1.807) is 12.1 Å². The van der Waals surface area contributed by atoms with Crippen LogP contribution in [0.2, 0.25) is 0 Å². The maximum Gasteiger partial charge on any atom is 0.410 e. The molecule has 8 rings (SSSR count). The van der Waals surface area contributed by atoms with Crippen molar-refractivity contribution in [1.29, 1.82) is 0 Å². The number of aromatic amines is 1. The highest BCUT2D eigenvalue weighted by Crippen LogP contribution is 2.51. The maximum atomic E-state index is 12.5. The van der Waals surface area contributed by atoms with Crippen LogP contribution in [0.5, 0.6) is 5.75 Å². The Labute approximate surface area is 402 Å². The molecular formula is C50H73ClN10O6. The zero-order chi connectivity index (χ0) is 46.5. The van der Waals surface area contributed by atoms with Gasteiger partial charge in [-0.05, 0) is 102 Å². The predicted molar refractivity (Wildman–Crippen MR) is 254 cm³/mol. The molecule has 1 spiro atoms. The van der Waals surface area contributed by atoms with E-state index < -0.39 is 5.60 Å². The van der Waals surface area contributed by atoms with Gasteiger partial charge in [0, 0.05) is 85.1 Å². The highest BCUT2D eigenvalue weighted by Gasteiger charge is 2.55. The van der Waals surface area contributed by atoms with Gasteiger partial charge in [0.2, 0.25) is 11.9 Å². The minimum Gasteiger partial charge on any atom is -1.00 e. The molecule has 2 saturated heterocycles. The number of hydrogen-bond donors (Lipinski definition) is 3. The number of benzene rings is 1. The number of carbonyl (C=O) groups is 2. The molecule has 1 saturated carbocycles. The number of anilines is 1. The summed E-state index contributed by atoms with van der Waals surface area (Å²) in [7, 11) is 6.41. The van der Waals surface area contributed by atoms with Gasteiger partial charge in [-0.1, -0.05) is 25.0 Å². The Morgan fingerprint density at radius 2 is 1.66 bits per heavy atom. The number of nitrogens with one attached hydrogen (secondary N) is 2. The first kappa shape index (κ1) is 50.3. The second-order valence-corrected chi connectivity index (χ2v) is 21.2. The molecule has 2 amide bonds. The van der Waals surface area contributed by atoms with Gasteiger partial charge in [-0.3, -0.25) is 4.79 Å². The van der Waals surface area contributed by atoms with Crippen molar-refractivity contribution in [1.82, 2.24) is 40.3 Å². The number of phenolic OH excluding ortho intramolecular Hbond substituents is 1. The highest BCUT2D eigenvalue weighted by molar-refractivity contribution is 5.86. The number of para-hydroxylation sites is 1. The van der Waals surface area contributed by atoms with E-state index in [1.807, 2.05) is 43.9 Å². The minimum atomic E-state index is -0.463. The van der Waals surface area contributed by atoms with E-state index in [0.29, 0.717) is 62.6 Å². The van der Waals surface area contributed by atoms with Crippen LogP contribution in [0.3, 0.4) is 0 Å². The van der Waals surface area contributed by atoms with Gasteiger partial charge in [-0.2, -0.15) is 0 Å². The number of H-pyrrole nitrogens is 1.